The van der Waals surface area contributed by atoms with E-state index in [-0.39, 0.29) is 10.7 Å². The van der Waals surface area contributed by atoms with Gasteiger partial charge in [-0.3, -0.25) is 4.79 Å². The van der Waals surface area contributed by atoms with E-state index in [4.69, 9.17) is 5.26 Å². The third-order valence-electron chi connectivity index (χ3n) is 2.69. The zero-order valence-corrected chi connectivity index (χ0v) is 10.4. The van der Waals surface area contributed by atoms with Gasteiger partial charge in [-0.05, 0) is 39.4 Å². The molecule has 0 aromatic rings. The van der Waals surface area contributed by atoms with Gasteiger partial charge in [0.1, 0.15) is 0 Å². The van der Waals surface area contributed by atoms with E-state index < -0.39 is 5.41 Å². The molecule has 1 N–H and O–H groups in total. The van der Waals surface area contributed by atoms with Gasteiger partial charge in [-0.25, -0.2) is 0 Å². The molecule has 1 saturated heterocycles. The van der Waals surface area contributed by atoms with Crippen molar-refractivity contribution in [3.63, 3.8) is 0 Å². The summed E-state index contributed by atoms with van der Waals surface area (Å²) in [5.74, 6) is 1.14. The SMILES string of the molecule is CC(C)(C#N)CNC(=O)C1(C)CCCS1. The number of hydrogen-bond donors (Lipinski definition) is 1. The average molecular weight is 226 g/mol. The van der Waals surface area contributed by atoms with Crippen LogP contribution in [0.5, 0.6) is 0 Å². The topological polar surface area (TPSA) is 52.9 Å². The lowest BCUT2D eigenvalue weighted by atomic mass is 9.95. The van der Waals surface area contributed by atoms with Gasteiger partial charge in [0.15, 0.2) is 0 Å². The molecule has 0 aromatic carbocycles. The third-order valence-corrected chi connectivity index (χ3v) is 4.21. The summed E-state index contributed by atoms with van der Waals surface area (Å²) in [4.78, 5) is 11.9. The highest BCUT2D eigenvalue weighted by molar-refractivity contribution is 8.01. The second-order valence-corrected chi connectivity index (χ2v) is 6.46. The summed E-state index contributed by atoms with van der Waals surface area (Å²) in [7, 11) is 0. The molecule has 1 aliphatic rings. The van der Waals surface area contributed by atoms with Crippen LogP contribution in [-0.2, 0) is 4.79 Å². The van der Waals surface area contributed by atoms with Gasteiger partial charge in [0.05, 0.1) is 16.2 Å². The molecule has 84 valence electrons. The van der Waals surface area contributed by atoms with E-state index in [1.54, 1.807) is 11.8 Å². The van der Waals surface area contributed by atoms with E-state index in [1.807, 2.05) is 20.8 Å². The molecule has 0 aliphatic carbocycles. The molecule has 1 atom stereocenters. The lowest BCUT2D eigenvalue weighted by Crippen LogP contribution is -2.43. The highest BCUT2D eigenvalue weighted by Gasteiger charge is 2.37. The monoisotopic (exact) mass is 226 g/mol. The van der Waals surface area contributed by atoms with Crippen LogP contribution in [0.15, 0.2) is 0 Å². The van der Waals surface area contributed by atoms with Gasteiger partial charge in [-0.15, -0.1) is 11.8 Å². The second-order valence-electron chi connectivity index (χ2n) is 4.86. The van der Waals surface area contributed by atoms with Gasteiger partial charge < -0.3 is 5.32 Å². The molecule has 1 unspecified atom stereocenters. The molecule has 0 aromatic heterocycles. The fraction of sp³-hybridized carbons (Fsp3) is 0.818. The lowest BCUT2D eigenvalue weighted by molar-refractivity contribution is -0.123. The quantitative estimate of drug-likeness (QED) is 0.800. The summed E-state index contributed by atoms with van der Waals surface area (Å²) in [6.07, 6.45) is 2.05. The van der Waals surface area contributed by atoms with E-state index in [0.717, 1.165) is 18.6 Å². The van der Waals surface area contributed by atoms with Crippen molar-refractivity contribution in [3.05, 3.63) is 0 Å². The number of carbonyl (C=O) groups is 1. The first-order valence-electron chi connectivity index (χ1n) is 5.23. The molecule has 4 heteroatoms. The minimum absolute atomic E-state index is 0.0772. The van der Waals surface area contributed by atoms with Crippen molar-refractivity contribution in [1.82, 2.24) is 5.32 Å². The Morgan fingerprint density at radius 1 is 1.67 bits per heavy atom. The zero-order chi connectivity index (χ0) is 11.5. The van der Waals surface area contributed by atoms with Gasteiger partial charge in [-0.1, -0.05) is 0 Å². The maximum atomic E-state index is 11.9. The molecule has 1 aliphatic heterocycles. The molecular weight excluding hydrogens is 208 g/mol. The van der Waals surface area contributed by atoms with Crippen LogP contribution in [0.1, 0.15) is 33.6 Å². The Kier molecular flexibility index (Phi) is 3.67. The van der Waals surface area contributed by atoms with Gasteiger partial charge in [-0.2, -0.15) is 5.26 Å². The van der Waals surface area contributed by atoms with Crippen molar-refractivity contribution in [2.75, 3.05) is 12.3 Å². The minimum Gasteiger partial charge on any atom is -0.353 e. The normalized spacial score (nSPS) is 26.0. The summed E-state index contributed by atoms with van der Waals surface area (Å²) in [6, 6.07) is 2.18. The van der Waals surface area contributed by atoms with Crippen molar-refractivity contribution in [2.45, 2.75) is 38.4 Å². The van der Waals surface area contributed by atoms with Gasteiger partial charge >= 0.3 is 0 Å². The summed E-state index contributed by atoms with van der Waals surface area (Å²) < 4.78 is -0.272. The minimum atomic E-state index is -0.477. The zero-order valence-electron chi connectivity index (χ0n) is 9.59. The van der Waals surface area contributed by atoms with E-state index in [2.05, 4.69) is 11.4 Å². The van der Waals surface area contributed by atoms with Crippen LogP contribution < -0.4 is 5.32 Å². The number of amides is 1. The summed E-state index contributed by atoms with van der Waals surface area (Å²) >= 11 is 1.72. The van der Waals surface area contributed by atoms with Gasteiger partial charge in [0.25, 0.3) is 0 Å². The number of rotatable bonds is 3. The van der Waals surface area contributed by atoms with E-state index >= 15 is 0 Å². The summed E-state index contributed by atoms with van der Waals surface area (Å²) in [6.45, 7) is 6.08. The first-order chi connectivity index (χ1) is 6.90. The van der Waals surface area contributed by atoms with Crippen LogP contribution in [0.3, 0.4) is 0 Å². The van der Waals surface area contributed by atoms with E-state index in [9.17, 15) is 4.79 Å². The van der Waals surface area contributed by atoms with Crippen LogP contribution >= 0.6 is 11.8 Å². The fourth-order valence-electron chi connectivity index (χ4n) is 1.49. The maximum Gasteiger partial charge on any atom is 0.236 e. The van der Waals surface area contributed by atoms with Crippen molar-refractivity contribution in [1.29, 1.82) is 5.26 Å². The Balaban J connectivity index is 2.47. The Morgan fingerprint density at radius 2 is 2.33 bits per heavy atom. The highest BCUT2D eigenvalue weighted by atomic mass is 32.2. The first kappa shape index (κ1) is 12.4. The number of carbonyl (C=O) groups excluding carboxylic acids is 1. The number of nitrogens with zero attached hydrogens (tertiary/aromatic N) is 1. The molecule has 15 heavy (non-hydrogen) atoms. The fourth-order valence-corrected chi connectivity index (χ4v) is 2.72. The largest absolute Gasteiger partial charge is 0.353 e. The van der Waals surface area contributed by atoms with Crippen LogP contribution in [0.4, 0.5) is 0 Å². The predicted molar refractivity (Wildman–Crippen MR) is 62.5 cm³/mol. The van der Waals surface area contributed by atoms with E-state index in [0.29, 0.717) is 6.54 Å². The second kappa shape index (κ2) is 4.44. The molecule has 0 radical (unpaired) electrons. The summed E-state index contributed by atoms with van der Waals surface area (Å²) in [5.41, 5.74) is -0.477. The van der Waals surface area contributed by atoms with Crippen molar-refractivity contribution >= 4 is 17.7 Å². The highest BCUT2D eigenvalue weighted by Crippen LogP contribution is 2.37. The standard InChI is InChI=1S/C11H18N2OS/c1-10(2,7-12)8-13-9(14)11(3)5-4-6-15-11/h4-6,8H2,1-3H3,(H,13,14). The van der Waals surface area contributed by atoms with Crippen molar-refractivity contribution < 1.29 is 4.79 Å². The average Bonchev–Trinajstić information content (AvgIpc) is 2.63. The predicted octanol–water partition coefficient (Wildman–Crippen LogP) is 1.94. The molecule has 3 nitrogen and oxygen atoms in total. The molecule has 1 heterocycles. The molecule has 1 fully saturated rings. The van der Waals surface area contributed by atoms with E-state index in [1.165, 1.54) is 0 Å². The summed E-state index contributed by atoms with van der Waals surface area (Å²) in [5, 5.41) is 11.7. The van der Waals surface area contributed by atoms with Crippen molar-refractivity contribution in [2.24, 2.45) is 5.41 Å². The van der Waals surface area contributed by atoms with Crippen LogP contribution in [0.2, 0.25) is 0 Å². The number of thioether (sulfide) groups is 1. The molecule has 0 saturated carbocycles. The Labute approximate surface area is 95.6 Å². The number of hydrogen-bond acceptors (Lipinski definition) is 3. The Hall–Kier alpha value is -0.690. The Morgan fingerprint density at radius 3 is 2.80 bits per heavy atom. The molecule has 0 bridgehead atoms. The van der Waals surface area contributed by atoms with Gasteiger partial charge in [0, 0.05) is 6.54 Å². The van der Waals surface area contributed by atoms with Gasteiger partial charge in [0.2, 0.25) is 5.91 Å². The number of nitrogens with one attached hydrogen (secondary N) is 1. The smallest absolute Gasteiger partial charge is 0.236 e. The Bertz CT molecular complexity index is 287. The molecule has 0 spiro atoms. The molecule has 1 rings (SSSR count). The first-order valence-corrected chi connectivity index (χ1v) is 6.22. The van der Waals surface area contributed by atoms with Crippen LogP contribution in [0.25, 0.3) is 0 Å². The molecule has 1 amide bonds. The molecular formula is C11H18N2OS. The third kappa shape index (κ3) is 3.13. The van der Waals surface area contributed by atoms with Crippen molar-refractivity contribution in [3.8, 4) is 6.07 Å². The maximum absolute atomic E-state index is 11.9. The number of nitriles is 1. The van der Waals surface area contributed by atoms with Crippen LogP contribution in [-0.4, -0.2) is 23.0 Å². The van der Waals surface area contributed by atoms with Crippen LogP contribution in [0, 0.1) is 16.7 Å². The lowest BCUT2D eigenvalue weighted by Gasteiger charge is -2.24.